The van der Waals surface area contributed by atoms with E-state index in [2.05, 4.69) is 10.1 Å². The Morgan fingerprint density at radius 3 is 3.60 bits per heavy atom. The number of nitrogens with zero attached hydrogens (tertiary/aromatic N) is 3. The van der Waals surface area contributed by atoms with Gasteiger partial charge in [0.1, 0.15) is 12.2 Å². The number of aryl methyl sites for hydroxylation is 2. The highest BCUT2D eigenvalue weighted by atomic mass is 15.3. The molecule has 1 aliphatic rings. The summed E-state index contributed by atoms with van der Waals surface area (Å²) >= 11 is 0. The summed E-state index contributed by atoms with van der Waals surface area (Å²) < 4.78 is 47.0. The largest absolute Gasteiger partial charge is 0.250 e. The first-order valence-corrected chi connectivity index (χ1v) is 3.05. The molecule has 0 saturated carbocycles. The lowest BCUT2D eigenvalue weighted by molar-refractivity contribution is 0.575. The second kappa shape index (κ2) is 2.40. The van der Waals surface area contributed by atoms with E-state index in [-0.39, 0.29) is 5.82 Å². The molecule has 0 saturated heterocycles. The molecule has 54 valence electrons. The minimum Gasteiger partial charge on any atom is -0.250 e. The number of aromatic nitrogens is 3. The van der Waals surface area contributed by atoms with Gasteiger partial charge in [-0.25, -0.2) is 4.98 Å². The van der Waals surface area contributed by atoms with Gasteiger partial charge in [-0.1, -0.05) is 6.37 Å². The number of fused-ring (bicyclic) bond motifs is 1. The molecular formula is C7H11N3. The average Bonchev–Trinajstić information content (AvgIpc) is 2.43. The molecule has 3 heteroatoms. The van der Waals surface area contributed by atoms with Gasteiger partial charge >= 0.3 is 0 Å². The normalized spacial score (nSPS) is 42.0. The summed E-state index contributed by atoms with van der Waals surface area (Å²) in [5.41, 5.74) is 0. The molecule has 2 heterocycles. The van der Waals surface area contributed by atoms with Crippen LogP contribution < -0.4 is 0 Å². The van der Waals surface area contributed by atoms with Crippen LogP contribution in [0.1, 0.15) is 33.3 Å². The van der Waals surface area contributed by atoms with Crippen molar-refractivity contribution >= 4 is 0 Å². The van der Waals surface area contributed by atoms with Gasteiger partial charge in [0.2, 0.25) is 0 Å². The van der Waals surface area contributed by atoms with E-state index in [4.69, 9.17) is 8.22 Å². The molecule has 0 spiro atoms. The van der Waals surface area contributed by atoms with Crippen LogP contribution in [0.3, 0.4) is 0 Å². The standard InChI is InChI=1S/C7H11N3/c1-2-4-7-8-6-9-10(7)5-3-1/h6H,1-5H2/i1D2,4D2,5D2. The Bertz CT molecular complexity index is 378. The smallest absolute Gasteiger partial charge is 0.138 e. The van der Waals surface area contributed by atoms with Crippen molar-refractivity contribution in [1.29, 1.82) is 0 Å². The molecule has 1 aromatic heterocycles. The second-order valence-corrected chi connectivity index (χ2v) is 1.93. The zero-order valence-electron chi connectivity index (χ0n) is 11.3. The van der Waals surface area contributed by atoms with Gasteiger partial charge in [-0.15, -0.1) is 0 Å². The summed E-state index contributed by atoms with van der Waals surface area (Å²) in [7, 11) is 0. The van der Waals surface area contributed by atoms with Crippen LogP contribution in [0.5, 0.6) is 0 Å². The fraction of sp³-hybridized carbons (Fsp3) is 0.714. The third kappa shape index (κ3) is 0.916. The molecule has 1 aliphatic heterocycles. The molecule has 0 fully saturated rings. The molecule has 0 atom stereocenters. The van der Waals surface area contributed by atoms with Crippen LogP contribution in [-0.4, -0.2) is 14.8 Å². The highest BCUT2D eigenvalue weighted by molar-refractivity contribution is 4.86. The van der Waals surface area contributed by atoms with Crippen LogP contribution in [0.25, 0.3) is 0 Å². The summed E-state index contributed by atoms with van der Waals surface area (Å²) in [5, 5.41) is 3.65. The van der Waals surface area contributed by atoms with E-state index in [1.165, 1.54) is 0 Å². The first-order chi connectivity index (χ1) is 7.14. The van der Waals surface area contributed by atoms with Crippen LogP contribution >= 0.6 is 0 Å². The summed E-state index contributed by atoms with van der Waals surface area (Å²) in [4.78, 5) is 3.70. The molecule has 3 nitrogen and oxygen atoms in total. The van der Waals surface area contributed by atoms with Crippen LogP contribution in [0.2, 0.25) is 0 Å². The van der Waals surface area contributed by atoms with Crippen molar-refractivity contribution in [3.8, 4) is 0 Å². The monoisotopic (exact) mass is 143 g/mol. The molecule has 0 amide bonds. The summed E-state index contributed by atoms with van der Waals surface area (Å²) in [6.45, 7) is -2.06. The molecular weight excluding hydrogens is 126 g/mol. The molecule has 0 N–H and O–H groups in total. The number of rotatable bonds is 0. The van der Waals surface area contributed by atoms with Gasteiger partial charge in [0, 0.05) is 18.4 Å². The molecule has 0 aliphatic carbocycles. The minimum absolute atomic E-state index is 0.154. The molecule has 0 unspecified atom stereocenters. The van der Waals surface area contributed by atoms with E-state index in [0.717, 1.165) is 11.0 Å². The minimum atomic E-state index is -2.06. The topological polar surface area (TPSA) is 30.7 Å². The fourth-order valence-corrected chi connectivity index (χ4v) is 0.813. The lowest BCUT2D eigenvalue weighted by atomic mass is 10.2. The zero-order chi connectivity index (χ0) is 12.2. The molecule has 0 aromatic carbocycles. The Morgan fingerprint density at radius 2 is 2.60 bits per heavy atom. The Labute approximate surface area is 68.5 Å². The van der Waals surface area contributed by atoms with Gasteiger partial charge in [0.05, 0.1) is 2.74 Å². The fourth-order valence-electron chi connectivity index (χ4n) is 0.813. The predicted molar refractivity (Wildman–Crippen MR) is 37.6 cm³/mol. The number of hydrogen-bond acceptors (Lipinski definition) is 2. The van der Waals surface area contributed by atoms with Gasteiger partial charge in [0.15, 0.2) is 0 Å². The van der Waals surface area contributed by atoms with Crippen LogP contribution in [0.15, 0.2) is 6.33 Å². The molecule has 2 rings (SSSR count). The van der Waals surface area contributed by atoms with E-state index < -0.39 is 32.1 Å². The van der Waals surface area contributed by atoms with Crippen molar-refractivity contribution in [3.63, 3.8) is 0 Å². The molecule has 0 radical (unpaired) electrons. The van der Waals surface area contributed by atoms with Gasteiger partial charge in [-0.3, -0.25) is 4.68 Å². The van der Waals surface area contributed by atoms with Crippen molar-refractivity contribution in [3.05, 3.63) is 12.2 Å². The molecule has 0 bridgehead atoms. The summed E-state index contributed by atoms with van der Waals surface area (Å²) in [6, 6.07) is 0. The highest BCUT2D eigenvalue weighted by Gasteiger charge is 2.06. The number of hydrogen-bond donors (Lipinski definition) is 0. The van der Waals surface area contributed by atoms with Crippen molar-refractivity contribution < 1.29 is 8.22 Å². The summed E-state index contributed by atoms with van der Waals surface area (Å²) in [6.07, 6.45) is -3.70. The lowest BCUT2D eigenvalue weighted by Crippen LogP contribution is -2.01. The predicted octanol–water partition coefficient (Wildman–Crippen LogP) is 1.00. The van der Waals surface area contributed by atoms with E-state index in [9.17, 15) is 0 Å². The second-order valence-electron chi connectivity index (χ2n) is 1.93. The van der Waals surface area contributed by atoms with E-state index >= 15 is 0 Å². The SMILES string of the molecule is [2H]C1([2H])CC([2H])([2H])c2ncnn2C([2H])([2H])C1. The Hall–Kier alpha value is -0.860. The maximum absolute atomic E-state index is 7.73. The van der Waals surface area contributed by atoms with Gasteiger partial charge in [-0.05, 0) is 12.8 Å². The highest BCUT2D eigenvalue weighted by Crippen LogP contribution is 2.09. The molecule has 1 aromatic rings. The maximum Gasteiger partial charge on any atom is 0.138 e. The molecule has 10 heavy (non-hydrogen) atoms. The third-order valence-electron chi connectivity index (χ3n) is 1.27. The van der Waals surface area contributed by atoms with Crippen LogP contribution in [0.4, 0.5) is 0 Å². The Balaban J connectivity index is 2.59. The van der Waals surface area contributed by atoms with E-state index in [0.29, 0.717) is 0 Å². The third-order valence-corrected chi connectivity index (χ3v) is 1.27. The quantitative estimate of drug-likeness (QED) is 0.542. The van der Waals surface area contributed by atoms with Crippen LogP contribution in [0, 0.1) is 0 Å². The Kier molecular flexibility index (Phi) is 0.559. The van der Waals surface area contributed by atoms with Gasteiger partial charge in [0.25, 0.3) is 0 Å². The average molecular weight is 143 g/mol. The van der Waals surface area contributed by atoms with E-state index in [1.54, 1.807) is 0 Å². The van der Waals surface area contributed by atoms with Gasteiger partial charge in [-0.2, -0.15) is 5.10 Å². The lowest BCUT2D eigenvalue weighted by Gasteiger charge is -1.96. The van der Waals surface area contributed by atoms with Crippen molar-refractivity contribution in [2.75, 3.05) is 0 Å². The van der Waals surface area contributed by atoms with Gasteiger partial charge < -0.3 is 0 Å². The zero-order valence-corrected chi connectivity index (χ0v) is 5.33. The first-order valence-electron chi connectivity index (χ1n) is 6.05. The van der Waals surface area contributed by atoms with E-state index in [1.807, 2.05) is 0 Å². The summed E-state index contributed by atoms with van der Waals surface area (Å²) in [5.74, 6) is -0.154. The van der Waals surface area contributed by atoms with Crippen molar-refractivity contribution in [1.82, 2.24) is 14.8 Å². The van der Waals surface area contributed by atoms with Crippen molar-refractivity contribution in [2.24, 2.45) is 0 Å². The maximum atomic E-state index is 7.73. The first kappa shape index (κ1) is 2.32. The van der Waals surface area contributed by atoms with Crippen molar-refractivity contribution in [2.45, 2.75) is 32.1 Å². The van der Waals surface area contributed by atoms with Crippen LogP contribution in [-0.2, 0) is 12.9 Å². The Morgan fingerprint density at radius 1 is 1.60 bits per heavy atom.